The summed E-state index contributed by atoms with van der Waals surface area (Å²) >= 11 is 0. The lowest BCUT2D eigenvalue weighted by Crippen LogP contribution is -2.18. The number of benzene rings is 1. The molecule has 1 nitrogen and oxygen atoms in total. The summed E-state index contributed by atoms with van der Waals surface area (Å²) in [6.45, 7) is 3.90. The predicted octanol–water partition coefficient (Wildman–Crippen LogP) is 7.46. The molecular weight excluding hydrogens is 326 g/mol. The Kier molecular flexibility index (Phi) is 8.00. The molecule has 1 aromatic rings. The van der Waals surface area contributed by atoms with E-state index in [1.54, 1.807) is 0 Å². The average Bonchev–Trinajstić information content (AvgIpc) is 2.73. The van der Waals surface area contributed by atoms with Gasteiger partial charge in [0.15, 0.2) is 0 Å². The van der Waals surface area contributed by atoms with E-state index in [-0.39, 0.29) is 0 Å². The number of nitrogens with zero attached hydrogens (tertiary/aromatic N) is 1. The van der Waals surface area contributed by atoms with Crippen LogP contribution in [-0.2, 0) is 6.42 Å². The van der Waals surface area contributed by atoms with Crippen LogP contribution in [0, 0.1) is 35.0 Å². The molecular formula is C26H37N. The van der Waals surface area contributed by atoms with Gasteiger partial charge in [-0.15, -0.1) is 6.58 Å². The van der Waals surface area contributed by atoms with Gasteiger partial charge in [0.05, 0.1) is 11.6 Å². The molecule has 2 aliphatic carbocycles. The van der Waals surface area contributed by atoms with Crippen molar-refractivity contribution in [1.82, 2.24) is 0 Å². The van der Waals surface area contributed by atoms with E-state index in [4.69, 9.17) is 5.26 Å². The highest BCUT2D eigenvalue weighted by molar-refractivity contribution is 5.31. The molecule has 0 amide bonds. The first-order chi connectivity index (χ1) is 13.3. The summed E-state index contributed by atoms with van der Waals surface area (Å²) in [5.74, 6) is 3.87. The van der Waals surface area contributed by atoms with Crippen LogP contribution in [0.1, 0.15) is 88.2 Å². The van der Waals surface area contributed by atoms with Crippen LogP contribution in [0.3, 0.4) is 0 Å². The number of hydrogen-bond donors (Lipinski definition) is 0. The van der Waals surface area contributed by atoms with Crippen molar-refractivity contribution in [2.75, 3.05) is 0 Å². The third-order valence-electron chi connectivity index (χ3n) is 7.34. The highest BCUT2D eigenvalue weighted by Crippen LogP contribution is 2.38. The van der Waals surface area contributed by atoms with Gasteiger partial charge in [-0.1, -0.05) is 69.6 Å². The predicted molar refractivity (Wildman–Crippen MR) is 114 cm³/mol. The Bertz CT molecular complexity index is 592. The molecule has 0 spiro atoms. The van der Waals surface area contributed by atoms with Crippen LogP contribution in [0.15, 0.2) is 36.9 Å². The van der Waals surface area contributed by atoms with Crippen LogP contribution in [-0.4, -0.2) is 0 Å². The maximum atomic E-state index is 8.89. The van der Waals surface area contributed by atoms with Crippen LogP contribution in [0.5, 0.6) is 0 Å². The molecule has 27 heavy (non-hydrogen) atoms. The fourth-order valence-corrected chi connectivity index (χ4v) is 5.39. The lowest BCUT2D eigenvalue weighted by molar-refractivity contribution is 0.214. The van der Waals surface area contributed by atoms with Crippen LogP contribution in [0.2, 0.25) is 0 Å². The quantitative estimate of drug-likeness (QED) is 0.440. The van der Waals surface area contributed by atoms with Gasteiger partial charge in [-0.3, -0.25) is 0 Å². The van der Waals surface area contributed by atoms with E-state index in [1.807, 2.05) is 12.1 Å². The Hall–Kier alpha value is -1.55. The van der Waals surface area contributed by atoms with Gasteiger partial charge in [0.1, 0.15) is 0 Å². The van der Waals surface area contributed by atoms with Gasteiger partial charge in [-0.05, 0) is 73.5 Å². The Balaban J connectivity index is 1.29. The van der Waals surface area contributed by atoms with Crippen LogP contribution in [0.25, 0.3) is 0 Å². The molecule has 3 rings (SSSR count). The second-order valence-corrected chi connectivity index (χ2v) is 9.22. The maximum absolute atomic E-state index is 8.89. The van der Waals surface area contributed by atoms with Gasteiger partial charge in [0.25, 0.3) is 0 Å². The molecule has 0 N–H and O–H groups in total. The molecule has 2 aliphatic rings. The largest absolute Gasteiger partial charge is 0.192 e. The summed E-state index contributed by atoms with van der Waals surface area (Å²) in [5, 5.41) is 8.89. The van der Waals surface area contributed by atoms with Crippen LogP contribution >= 0.6 is 0 Å². The Morgan fingerprint density at radius 2 is 1.26 bits per heavy atom. The lowest BCUT2D eigenvalue weighted by atomic mass is 9.74. The minimum Gasteiger partial charge on any atom is -0.192 e. The number of nitriles is 1. The molecule has 146 valence electrons. The molecule has 2 fully saturated rings. The fraction of sp³-hybridized carbons (Fsp3) is 0.654. The van der Waals surface area contributed by atoms with E-state index in [9.17, 15) is 0 Å². The van der Waals surface area contributed by atoms with Crippen LogP contribution < -0.4 is 0 Å². The molecule has 0 atom stereocenters. The highest BCUT2D eigenvalue weighted by Gasteiger charge is 2.24. The van der Waals surface area contributed by atoms with Crippen molar-refractivity contribution < 1.29 is 0 Å². The monoisotopic (exact) mass is 363 g/mol. The first-order valence-corrected chi connectivity index (χ1v) is 11.4. The van der Waals surface area contributed by atoms with Gasteiger partial charge >= 0.3 is 0 Å². The van der Waals surface area contributed by atoms with Gasteiger partial charge < -0.3 is 0 Å². The van der Waals surface area contributed by atoms with E-state index in [2.05, 4.69) is 30.9 Å². The summed E-state index contributed by atoms with van der Waals surface area (Å²) in [5.41, 5.74) is 2.16. The lowest BCUT2D eigenvalue weighted by Gasteiger charge is -2.32. The normalized spacial score (nSPS) is 28.4. The minimum atomic E-state index is 0.772. The molecule has 0 aromatic heterocycles. The van der Waals surface area contributed by atoms with Gasteiger partial charge in [-0.2, -0.15) is 5.26 Å². The molecule has 1 heteroatoms. The Labute approximate surface area is 166 Å². The summed E-state index contributed by atoms with van der Waals surface area (Å²) < 4.78 is 0. The summed E-state index contributed by atoms with van der Waals surface area (Å²) in [6, 6.07) is 10.4. The number of rotatable bonds is 8. The molecule has 2 saturated carbocycles. The van der Waals surface area contributed by atoms with E-state index in [0.717, 1.165) is 29.2 Å². The number of allylic oxidation sites excluding steroid dienone is 1. The van der Waals surface area contributed by atoms with Crippen molar-refractivity contribution in [2.24, 2.45) is 23.7 Å². The third kappa shape index (κ3) is 6.53. The summed E-state index contributed by atoms with van der Waals surface area (Å²) in [4.78, 5) is 0. The van der Waals surface area contributed by atoms with Gasteiger partial charge in [-0.25, -0.2) is 0 Å². The highest BCUT2D eigenvalue weighted by atomic mass is 14.3. The Morgan fingerprint density at radius 3 is 1.74 bits per heavy atom. The zero-order chi connectivity index (χ0) is 18.9. The average molecular weight is 364 g/mol. The summed E-state index contributed by atoms with van der Waals surface area (Å²) in [6.07, 6.45) is 20.5. The Morgan fingerprint density at radius 1 is 0.778 bits per heavy atom. The summed E-state index contributed by atoms with van der Waals surface area (Å²) in [7, 11) is 0. The first-order valence-electron chi connectivity index (χ1n) is 11.4. The van der Waals surface area contributed by atoms with Crippen molar-refractivity contribution in [1.29, 1.82) is 5.26 Å². The topological polar surface area (TPSA) is 23.8 Å². The molecule has 1 aromatic carbocycles. The van der Waals surface area contributed by atoms with Gasteiger partial charge in [0, 0.05) is 0 Å². The van der Waals surface area contributed by atoms with Crippen molar-refractivity contribution in [3.63, 3.8) is 0 Å². The molecule has 0 bridgehead atoms. The molecule has 0 unspecified atom stereocenters. The minimum absolute atomic E-state index is 0.772. The van der Waals surface area contributed by atoms with E-state index >= 15 is 0 Å². The fourth-order valence-electron chi connectivity index (χ4n) is 5.39. The van der Waals surface area contributed by atoms with Crippen molar-refractivity contribution in [3.8, 4) is 6.07 Å². The van der Waals surface area contributed by atoms with E-state index in [1.165, 1.54) is 89.0 Å². The number of hydrogen-bond acceptors (Lipinski definition) is 1. The van der Waals surface area contributed by atoms with E-state index in [0.29, 0.717) is 0 Å². The zero-order valence-corrected chi connectivity index (χ0v) is 17.0. The second-order valence-electron chi connectivity index (χ2n) is 9.22. The third-order valence-corrected chi connectivity index (χ3v) is 7.34. The maximum Gasteiger partial charge on any atom is 0.0991 e. The molecule has 0 radical (unpaired) electrons. The van der Waals surface area contributed by atoms with Crippen molar-refractivity contribution in [3.05, 3.63) is 48.0 Å². The second kappa shape index (κ2) is 10.7. The molecule has 0 heterocycles. The SMILES string of the molecule is C=CCC1CCC(CCC2CCC(CCc3ccc(C#N)cc3)CC2)CC1. The van der Waals surface area contributed by atoms with Crippen LogP contribution in [0.4, 0.5) is 0 Å². The number of aryl methyl sites for hydroxylation is 1. The molecule has 0 saturated heterocycles. The van der Waals surface area contributed by atoms with Crippen molar-refractivity contribution in [2.45, 2.75) is 83.5 Å². The smallest absolute Gasteiger partial charge is 0.0991 e. The van der Waals surface area contributed by atoms with Crippen molar-refractivity contribution >= 4 is 0 Å². The standard InChI is InChI=1S/C26H37N/c1-2-3-21-4-6-22(7-5-21)8-9-23-10-12-24(13-11-23)14-15-25-16-18-26(20-27)19-17-25/h2,16-19,21-24H,1,3-15H2. The van der Waals surface area contributed by atoms with E-state index < -0.39 is 0 Å². The zero-order valence-electron chi connectivity index (χ0n) is 17.0. The first kappa shape index (κ1) is 20.2. The molecule has 0 aliphatic heterocycles. The van der Waals surface area contributed by atoms with Gasteiger partial charge in [0.2, 0.25) is 0 Å².